The predicted molar refractivity (Wildman–Crippen MR) is 77.5 cm³/mol. The minimum atomic E-state index is -0.362. The summed E-state index contributed by atoms with van der Waals surface area (Å²) >= 11 is 3.45. The molecule has 1 N–H and O–H groups in total. The molecule has 0 aliphatic heterocycles. The summed E-state index contributed by atoms with van der Waals surface area (Å²) in [5.41, 5.74) is 1.02. The molecular weight excluding hydrogens is 351 g/mol. The molecule has 6 heteroatoms. The summed E-state index contributed by atoms with van der Waals surface area (Å²) in [5, 5.41) is 13.9. The Morgan fingerprint density at radius 3 is 2.53 bits per heavy atom. The first-order valence-electron chi connectivity index (χ1n) is 4.88. The molecular formula is C11H9IN2O2S. The summed E-state index contributed by atoms with van der Waals surface area (Å²) in [4.78, 5) is 11.1. The van der Waals surface area contributed by atoms with Gasteiger partial charge in [0, 0.05) is 26.7 Å². The number of rotatable bonds is 4. The van der Waals surface area contributed by atoms with Crippen molar-refractivity contribution < 1.29 is 4.92 Å². The molecule has 1 aromatic heterocycles. The maximum Gasteiger partial charge on any atom is 0.324 e. The number of benzene rings is 1. The molecule has 0 saturated heterocycles. The van der Waals surface area contributed by atoms with E-state index in [1.165, 1.54) is 21.0 Å². The van der Waals surface area contributed by atoms with Gasteiger partial charge in [0.05, 0.1) is 4.92 Å². The van der Waals surface area contributed by atoms with Gasteiger partial charge in [-0.2, -0.15) is 0 Å². The van der Waals surface area contributed by atoms with Crippen molar-refractivity contribution in [3.63, 3.8) is 0 Å². The quantitative estimate of drug-likeness (QED) is 0.512. The average Bonchev–Trinajstić information content (AvgIpc) is 2.77. The smallest absolute Gasteiger partial charge is 0.324 e. The standard InChI is InChI=1S/C11H9IN2O2S/c12-8-1-3-9(4-2-8)13-7-10-5-6-11(17-10)14(15)16/h1-6,13H,7H2. The first-order chi connectivity index (χ1) is 8.15. The van der Waals surface area contributed by atoms with Crippen molar-refractivity contribution in [1.29, 1.82) is 0 Å². The Hall–Kier alpha value is -1.15. The number of thiophene rings is 1. The number of hydrogen-bond acceptors (Lipinski definition) is 4. The van der Waals surface area contributed by atoms with Gasteiger partial charge in [-0.05, 0) is 52.9 Å². The van der Waals surface area contributed by atoms with Crippen molar-refractivity contribution in [1.82, 2.24) is 0 Å². The van der Waals surface area contributed by atoms with Gasteiger partial charge >= 0.3 is 5.00 Å². The molecule has 0 radical (unpaired) electrons. The number of halogens is 1. The fraction of sp³-hybridized carbons (Fsp3) is 0.0909. The topological polar surface area (TPSA) is 55.2 Å². The van der Waals surface area contributed by atoms with Gasteiger partial charge in [0.15, 0.2) is 0 Å². The van der Waals surface area contributed by atoms with E-state index >= 15 is 0 Å². The van der Waals surface area contributed by atoms with Crippen LogP contribution in [0.4, 0.5) is 10.7 Å². The maximum atomic E-state index is 10.5. The first-order valence-corrected chi connectivity index (χ1v) is 6.77. The highest BCUT2D eigenvalue weighted by Gasteiger charge is 2.08. The summed E-state index contributed by atoms with van der Waals surface area (Å²) in [6.45, 7) is 0.610. The van der Waals surface area contributed by atoms with E-state index < -0.39 is 0 Å². The normalized spacial score (nSPS) is 10.2. The van der Waals surface area contributed by atoms with Crippen LogP contribution in [0.3, 0.4) is 0 Å². The zero-order valence-corrected chi connectivity index (χ0v) is 11.7. The summed E-state index contributed by atoms with van der Waals surface area (Å²) in [5.74, 6) is 0. The van der Waals surface area contributed by atoms with Gasteiger partial charge in [-0.1, -0.05) is 11.3 Å². The summed E-state index contributed by atoms with van der Waals surface area (Å²) in [6.07, 6.45) is 0. The van der Waals surface area contributed by atoms with Crippen LogP contribution in [0.5, 0.6) is 0 Å². The summed E-state index contributed by atoms with van der Waals surface area (Å²) in [6, 6.07) is 11.3. The van der Waals surface area contributed by atoms with Crippen LogP contribution in [0.25, 0.3) is 0 Å². The Morgan fingerprint density at radius 1 is 1.24 bits per heavy atom. The lowest BCUT2D eigenvalue weighted by Crippen LogP contribution is -1.96. The van der Waals surface area contributed by atoms with Crippen LogP contribution >= 0.6 is 33.9 Å². The van der Waals surface area contributed by atoms with E-state index in [9.17, 15) is 10.1 Å². The molecule has 1 aromatic carbocycles. The molecule has 88 valence electrons. The van der Waals surface area contributed by atoms with Crippen LogP contribution in [0.1, 0.15) is 4.88 Å². The van der Waals surface area contributed by atoms with Crippen molar-refractivity contribution in [2.75, 3.05) is 5.32 Å². The van der Waals surface area contributed by atoms with Crippen LogP contribution in [-0.4, -0.2) is 4.92 Å². The van der Waals surface area contributed by atoms with Crippen LogP contribution in [0.15, 0.2) is 36.4 Å². The van der Waals surface area contributed by atoms with Gasteiger partial charge in [0.2, 0.25) is 0 Å². The number of nitrogens with one attached hydrogen (secondary N) is 1. The second-order valence-electron chi connectivity index (χ2n) is 3.36. The van der Waals surface area contributed by atoms with E-state index in [4.69, 9.17) is 0 Å². The SMILES string of the molecule is O=[N+]([O-])c1ccc(CNc2ccc(I)cc2)s1. The van der Waals surface area contributed by atoms with E-state index in [0.717, 1.165) is 10.6 Å². The average molecular weight is 360 g/mol. The van der Waals surface area contributed by atoms with Crippen LogP contribution in [-0.2, 0) is 6.54 Å². The molecule has 2 aromatic rings. The Kier molecular flexibility index (Phi) is 3.95. The Labute approximate surface area is 116 Å². The van der Waals surface area contributed by atoms with Crippen molar-refractivity contribution in [2.24, 2.45) is 0 Å². The number of nitrogens with zero attached hydrogens (tertiary/aromatic N) is 1. The maximum absolute atomic E-state index is 10.5. The van der Waals surface area contributed by atoms with Crippen molar-refractivity contribution >= 4 is 44.6 Å². The Bertz CT molecular complexity index is 525. The van der Waals surface area contributed by atoms with Crippen molar-refractivity contribution in [2.45, 2.75) is 6.54 Å². The van der Waals surface area contributed by atoms with Gasteiger partial charge in [0.25, 0.3) is 0 Å². The minimum Gasteiger partial charge on any atom is -0.380 e. The third-order valence-electron chi connectivity index (χ3n) is 2.14. The zero-order valence-electron chi connectivity index (χ0n) is 8.72. The molecule has 0 saturated carbocycles. The molecule has 2 rings (SSSR count). The third-order valence-corrected chi connectivity index (χ3v) is 3.89. The highest BCUT2D eigenvalue weighted by atomic mass is 127. The van der Waals surface area contributed by atoms with E-state index in [1.807, 2.05) is 24.3 Å². The van der Waals surface area contributed by atoms with E-state index in [1.54, 1.807) is 6.07 Å². The molecule has 0 unspecified atom stereocenters. The van der Waals surface area contributed by atoms with Crippen LogP contribution in [0, 0.1) is 13.7 Å². The molecule has 0 fully saturated rings. The lowest BCUT2D eigenvalue weighted by Gasteiger charge is -2.03. The summed E-state index contributed by atoms with van der Waals surface area (Å²) in [7, 11) is 0. The minimum absolute atomic E-state index is 0.185. The van der Waals surface area contributed by atoms with Gasteiger partial charge in [-0.25, -0.2) is 0 Å². The van der Waals surface area contributed by atoms with Crippen LogP contribution < -0.4 is 5.32 Å². The van der Waals surface area contributed by atoms with E-state index in [2.05, 4.69) is 27.9 Å². The van der Waals surface area contributed by atoms with Gasteiger partial charge in [-0.3, -0.25) is 10.1 Å². The lowest BCUT2D eigenvalue weighted by molar-refractivity contribution is -0.380. The monoisotopic (exact) mass is 360 g/mol. The molecule has 0 bridgehead atoms. The molecule has 0 atom stereocenters. The lowest BCUT2D eigenvalue weighted by atomic mass is 10.3. The highest BCUT2D eigenvalue weighted by molar-refractivity contribution is 14.1. The molecule has 0 aliphatic rings. The number of nitro groups is 1. The largest absolute Gasteiger partial charge is 0.380 e. The molecule has 0 amide bonds. The van der Waals surface area contributed by atoms with E-state index in [0.29, 0.717) is 6.54 Å². The second kappa shape index (κ2) is 5.46. The molecule has 4 nitrogen and oxygen atoms in total. The van der Waals surface area contributed by atoms with Gasteiger partial charge in [0.1, 0.15) is 0 Å². The predicted octanol–water partition coefficient (Wildman–Crippen LogP) is 3.87. The second-order valence-corrected chi connectivity index (χ2v) is 5.75. The first kappa shape index (κ1) is 12.3. The summed E-state index contributed by atoms with van der Waals surface area (Å²) < 4.78 is 1.18. The van der Waals surface area contributed by atoms with Gasteiger partial charge in [-0.15, -0.1) is 0 Å². The number of anilines is 1. The highest BCUT2D eigenvalue weighted by Crippen LogP contribution is 2.24. The molecule has 17 heavy (non-hydrogen) atoms. The van der Waals surface area contributed by atoms with E-state index in [-0.39, 0.29) is 9.92 Å². The molecule has 1 heterocycles. The Balaban J connectivity index is 1.97. The van der Waals surface area contributed by atoms with Crippen molar-refractivity contribution in [3.8, 4) is 0 Å². The Morgan fingerprint density at radius 2 is 1.94 bits per heavy atom. The molecule has 0 spiro atoms. The fourth-order valence-corrected chi connectivity index (χ4v) is 2.44. The third kappa shape index (κ3) is 3.40. The van der Waals surface area contributed by atoms with Crippen molar-refractivity contribution in [3.05, 3.63) is 55.0 Å². The zero-order chi connectivity index (χ0) is 12.3. The number of hydrogen-bond donors (Lipinski definition) is 1. The van der Waals surface area contributed by atoms with Crippen LogP contribution in [0.2, 0.25) is 0 Å². The van der Waals surface area contributed by atoms with Gasteiger partial charge < -0.3 is 5.32 Å². The fourth-order valence-electron chi connectivity index (χ4n) is 1.32. The molecule has 0 aliphatic carbocycles.